The summed E-state index contributed by atoms with van der Waals surface area (Å²) in [6, 6.07) is 0. The van der Waals surface area contributed by atoms with E-state index in [-0.39, 0.29) is 17.0 Å². The normalized spacial score (nSPS) is 11.5. The van der Waals surface area contributed by atoms with Crippen LogP contribution in [0.3, 0.4) is 0 Å². The number of aryl methyl sites for hydroxylation is 1. The second-order valence-electron chi connectivity index (χ2n) is 4.47. The van der Waals surface area contributed by atoms with Crippen molar-refractivity contribution < 1.29 is 4.43 Å². The molecule has 0 aliphatic carbocycles. The fraction of sp³-hybridized carbons (Fsp3) is 0.556. The van der Waals surface area contributed by atoms with E-state index in [1.165, 1.54) is 17.8 Å². The van der Waals surface area contributed by atoms with E-state index in [1.54, 1.807) is 7.05 Å². The molecule has 5 nitrogen and oxygen atoms in total. The summed E-state index contributed by atoms with van der Waals surface area (Å²) in [5, 5.41) is 0. The van der Waals surface area contributed by atoms with Gasteiger partial charge in [0, 0.05) is 14.1 Å². The van der Waals surface area contributed by atoms with Gasteiger partial charge in [0.05, 0.1) is 6.20 Å². The van der Waals surface area contributed by atoms with Crippen molar-refractivity contribution in [2.24, 2.45) is 14.1 Å². The Hall–Kier alpha value is -1.30. The van der Waals surface area contributed by atoms with E-state index in [1.807, 2.05) is 19.6 Å². The van der Waals surface area contributed by atoms with Crippen LogP contribution >= 0.6 is 0 Å². The molecule has 0 saturated heterocycles. The van der Waals surface area contributed by atoms with Crippen molar-refractivity contribution in [3.05, 3.63) is 27.0 Å². The first-order chi connectivity index (χ1) is 6.72. The lowest BCUT2D eigenvalue weighted by Crippen LogP contribution is -2.40. The number of aromatic nitrogens is 2. The Morgan fingerprint density at radius 3 is 2.20 bits per heavy atom. The van der Waals surface area contributed by atoms with Crippen LogP contribution in [-0.2, 0) is 14.1 Å². The molecule has 15 heavy (non-hydrogen) atoms. The monoisotopic (exact) mass is 228 g/mol. The Balaban J connectivity index is 3.34. The van der Waals surface area contributed by atoms with Crippen molar-refractivity contribution in [3.8, 4) is 5.75 Å². The lowest BCUT2D eigenvalue weighted by atomic mass is 10.6. The van der Waals surface area contributed by atoms with Gasteiger partial charge in [0.15, 0.2) is 5.75 Å². The molecule has 0 fully saturated rings. The van der Waals surface area contributed by atoms with Crippen molar-refractivity contribution in [3.63, 3.8) is 0 Å². The summed E-state index contributed by atoms with van der Waals surface area (Å²) in [4.78, 5) is 23.1. The van der Waals surface area contributed by atoms with Gasteiger partial charge in [-0.1, -0.05) is 0 Å². The largest absolute Gasteiger partial charge is 0.540 e. The molecule has 0 N–H and O–H groups in total. The van der Waals surface area contributed by atoms with Crippen molar-refractivity contribution in [2.45, 2.75) is 19.6 Å². The zero-order valence-corrected chi connectivity index (χ0v) is 10.7. The van der Waals surface area contributed by atoms with Crippen LogP contribution in [0.1, 0.15) is 0 Å². The molecule has 1 aromatic heterocycles. The summed E-state index contributed by atoms with van der Waals surface area (Å²) in [6.45, 7) is 5.95. The van der Waals surface area contributed by atoms with E-state index in [0.29, 0.717) is 0 Å². The molecule has 1 aromatic rings. The number of hydrogen-bond donors (Lipinski definition) is 0. The van der Waals surface area contributed by atoms with Crippen LogP contribution < -0.4 is 15.7 Å². The second kappa shape index (κ2) is 3.69. The highest BCUT2D eigenvalue weighted by atomic mass is 28.4. The third kappa shape index (κ3) is 2.59. The molecule has 84 valence electrons. The summed E-state index contributed by atoms with van der Waals surface area (Å²) in [5.41, 5.74) is -0.719. The van der Waals surface area contributed by atoms with Crippen molar-refractivity contribution in [2.75, 3.05) is 0 Å². The summed E-state index contributed by atoms with van der Waals surface area (Å²) >= 11 is 0. The molecule has 0 bridgehead atoms. The zero-order valence-electron chi connectivity index (χ0n) is 9.70. The molecule has 0 atom stereocenters. The van der Waals surface area contributed by atoms with Gasteiger partial charge in [-0.3, -0.25) is 13.9 Å². The van der Waals surface area contributed by atoms with Crippen molar-refractivity contribution in [1.82, 2.24) is 9.13 Å². The molecule has 1 heterocycles. The second-order valence-corrected chi connectivity index (χ2v) is 8.89. The molecule has 0 aromatic carbocycles. The van der Waals surface area contributed by atoms with Crippen molar-refractivity contribution in [1.29, 1.82) is 0 Å². The highest BCUT2D eigenvalue weighted by molar-refractivity contribution is 6.70. The molecule has 0 aliphatic rings. The minimum atomic E-state index is -1.82. The molecule has 0 saturated carbocycles. The molecule has 0 amide bonds. The number of nitrogens with zero attached hydrogens (tertiary/aromatic N) is 2. The Labute approximate surface area is 89.1 Å². The molecule has 1 rings (SSSR count). The van der Waals surface area contributed by atoms with E-state index in [0.717, 1.165) is 4.57 Å². The van der Waals surface area contributed by atoms with Crippen LogP contribution in [-0.4, -0.2) is 17.5 Å². The molecule has 0 aliphatic heterocycles. The maximum atomic E-state index is 11.7. The first-order valence-electron chi connectivity index (χ1n) is 4.68. The Morgan fingerprint density at radius 1 is 1.20 bits per heavy atom. The Bertz CT molecular complexity index is 482. The van der Waals surface area contributed by atoms with Gasteiger partial charge >= 0.3 is 5.69 Å². The van der Waals surface area contributed by atoms with E-state index in [4.69, 9.17) is 4.43 Å². The standard InChI is InChI=1S/C9H16N2O3Si/c1-10-6-7(14-15(3,4)5)8(12)11(2)9(10)13/h6H,1-5H3. The van der Waals surface area contributed by atoms with Crippen LogP contribution in [0.2, 0.25) is 19.6 Å². The van der Waals surface area contributed by atoms with Gasteiger partial charge in [-0.15, -0.1) is 0 Å². The van der Waals surface area contributed by atoms with Gasteiger partial charge < -0.3 is 4.43 Å². The summed E-state index contributed by atoms with van der Waals surface area (Å²) in [6.07, 6.45) is 1.45. The average Bonchev–Trinajstić information content (AvgIpc) is 2.08. The summed E-state index contributed by atoms with van der Waals surface area (Å²) in [5.74, 6) is 0.249. The average molecular weight is 228 g/mol. The molecule has 0 unspecified atom stereocenters. The van der Waals surface area contributed by atoms with Gasteiger partial charge in [0.2, 0.25) is 8.32 Å². The maximum absolute atomic E-state index is 11.7. The zero-order chi connectivity index (χ0) is 11.8. The lowest BCUT2D eigenvalue weighted by Gasteiger charge is -2.19. The Kier molecular flexibility index (Phi) is 2.90. The van der Waals surface area contributed by atoms with Crippen LogP contribution in [0.15, 0.2) is 15.8 Å². The third-order valence-electron chi connectivity index (χ3n) is 1.83. The van der Waals surface area contributed by atoms with Crippen molar-refractivity contribution >= 4 is 8.32 Å². The van der Waals surface area contributed by atoms with Crippen LogP contribution in [0, 0.1) is 0 Å². The van der Waals surface area contributed by atoms with Gasteiger partial charge in [-0.25, -0.2) is 4.79 Å². The summed E-state index contributed by atoms with van der Waals surface area (Å²) < 4.78 is 7.99. The molecular formula is C9H16N2O3Si. The first kappa shape index (κ1) is 11.8. The third-order valence-corrected chi connectivity index (χ3v) is 2.66. The predicted molar refractivity (Wildman–Crippen MR) is 60.9 cm³/mol. The van der Waals surface area contributed by atoms with Gasteiger partial charge in [-0.2, -0.15) is 0 Å². The lowest BCUT2D eigenvalue weighted by molar-refractivity contribution is 0.517. The molecule has 0 radical (unpaired) electrons. The van der Waals surface area contributed by atoms with E-state index < -0.39 is 8.32 Å². The number of hydrogen-bond acceptors (Lipinski definition) is 3. The first-order valence-corrected chi connectivity index (χ1v) is 8.09. The van der Waals surface area contributed by atoms with Crippen LogP contribution in [0.4, 0.5) is 0 Å². The minimum Gasteiger partial charge on any atom is -0.540 e. The van der Waals surface area contributed by atoms with Crippen LogP contribution in [0.25, 0.3) is 0 Å². The number of rotatable bonds is 2. The fourth-order valence-corrected chi connectivity index (χ4v) is 1.97. The highest BCUT2D eigenvalue weighted by Crippen LogP contribution is 2.08. The smallest absolute Gasteiger partial charge is 0.330 e. The predicted octanol–water partition coefficient (Wildman–Crippen LogP) is 0.298. The van der Waals surface area contributed by atoms with Gasteiger partial charge in [-0.05, 0) is 19.6 Å². The van der Waals surface area contributed by atoms with Crippen LogP contribution in [0.5, 0.6) is 5.75 Å². The fourth-order valence-electron chi connectivity index (χ4n) is 1.17. The molecule has 6 heteroatoms. The molecule has 0 spiro atoms. The molecular weight excluding hydrogens is 212 g/mol. The Morgan fingerprint density at radius 2 is 1.73 bits per heavy atom. The minimum absolute atomic E-state index is 0.249. The van der Waals surface area contributed by atoms with E-state index in [2.05, 4.69) is 0 Å². The topological polar surface area (TPSA) is 53.2 Å². The maximum Gasteiger partial charge on any atom is 0.330 e. The van der Waals surface area contributed by atoms with Gasteiger partial charge in [0.1, 0.15) is 0 Å². The van der Waals surface area contributed by atoms with E-state index >= 15 is 0 Å². The van der Waals surface area contributed by atoms with E-state index in [9.17, 15) is 9.59 Å². The highest BCUT2D eigenvalue weighted by Gasteiger charge is 2.19. The summed E-state index contributed by atoms with van der Waals surface area (Å²) in [7, 11) is 1.22. The van der Waals surface area contributed by atoms with Gasteiger partial charge in [0.25, 0.3) is 5.56 Å². The SMILES string of the molecule is Cn1cc(O[Si](C)(C)C)c(=O)n(C)c1=O. The quantitative estimate of drug-likeness (QED) is 0.684.